The molecule has 0 aliphatic rings. The van der Waals surface area contributed by atoms with Gasteiger partial charge in [-0.25, -0.2) is 4.98 Å². The molecule has 0 saturated carbocycles. The lowest BCUT2D eigenvalue weighted by Gasteiger charge is -1.98. The molecule has 0 radical (unpaired) electrons. The van der Waals surface area contributed by atoms with E-state index in [4.69, 9.17) is 8.94 Å². The third kappa shape index (κ3) is 3.42. The van der Waals surface area contributed by atoms with Gasteiger partial charge in [-0.1, -0.05) is 53.3 Å². The molecule has 3 heterocycles. The topological polar surface area (TPSA) is 93.6 Å². The van der Waals surface area contributed by atoms with Crippen molar-refractivity contribution in [2.75, 3.05) is 0 Å². The van der Waals surface area contributed by atoms with E-state index in [0.717, 1.165) is 27.3 Å². The minimum Gasteiger partial charge on any atom is -0.420 e. The lowest BCUT2D eigenvalue weighted by atomic mass is 10.1. The van der Waals surface area contributed by atoms with E-state index in [9.17, 15) is 0 Å². The van der Waals surface area contributed by atoms with E-state index in [1.165, 1.54) is 17.3 Å². The van der Waals surface area contributed by atoms with Crippen molar-refractivity contribution in [1.82, 2.24) is 25.3 Å². The Bertz CT molecular complexity index is 1290. The van der Waals surface area contributed by atoms with Gasteiger partial charge < -0.3 is 13.9 Å². The maximum Gasteiger partial charge on any atom is 0.253 e. The quantitative estimate of drug-likeness (QED) is 0.404. The van der Waals surface area contributed by atoms with Gasteiger partial charge in [0.25, 0.3) is 5.89 Å². The summed E-state index contributed by atoms with van der Waals surface area (Å²) < 4.78 is 11.3. The van der Waals surface area contributed by atoms with Crippen LogP contribution in [0.2, 0.25) is 0 Å². The van der Waals surface area contributed by atoms with E-state index in [2.05, 4.69) is 38.3 Å². The summed E-state index contributed by atoms with van der Waals surface area (Å²) in [5, 5.41) is 13.4. The van der Waals surface area contributed by atoms with Crippen molar-refractivity contribution < 1.29 is 8.94 Å². The zero-order chi connectivity index (χ0) is 19.8. The molecule has 0 spiro atoms. The van der Waals surface area contributed by atoms with E-state index < -0.39 is 0 Å². The van der Waals surface area contributed by atoms with Crippen LogP contribution in [0, 0.1) is 13.8 Å². The Kier molecular flexibility index (Phi) is 4.40. The summed E-state index contributed by atoms with van der Waals surface area (Å²) >= 11 is 1.52. The van der Waals surface area contributed by atoms with Gasteiger partial charge >= 0.3 is 0 Å². The van der Waals surface area contributed by atoms with E-state index in [1.54, 1.807) is 0 Å². The molecular formula is C21H17N5O2S. The number of aryl methyl sites for hydroxylation is 2. The number of aromatic nitrogens is 5. The van der Waals surface area contributed by atoms with Crippen LogP contribution < -0.4 is 0 Å². The first-order valence-electron chi connectivity index (χ1n) is 9.11. The maximum atomic E-state index is 5.90. The monoisotopic (exact) mass is 403 g/mol. The van der Waals surface area contributed by atoms with E-state index in [0.29, 0.717) is 29.0 Å². The second kappa shape index (κ2) is 7.21. The van der Waals surface area contributed by atoms with Gasteiger partial charge in [0.1, 0.15) is 17.0 Å². The van der Waals surface area contributed by atoms with Gasteiger partial charge in [0.2, 0.25) is 5.89 Å². The molecular weight excluding hydrogens is 386 g/mol. The van der Waals surface area contributed by atoms with E-state index in [1.807, 2.05) is 49.4 Å². The fraction of sp³-hybridized carbons (Fsp3) is 0.143. The molecule has 7 nitrogen and oxygen atoms in total. The molecule has 3 aromatic heterocycles. The van der Waals surface area contributed by atoms with Crippen molar-refractivity contribution in [3.8, 4) is 22.7 Å². The molecule has 0 amide bonds. The number of benzene rings is 2. The predicted octanol–water partition coefficient (Wildman–Crippen LogP) is 5.18. The average Bonchev–Trinajstić information content (AvgIpc) is 3.44. The van der Waals surface area contributed by atoms with Crippen LogP contribution in [0.3, 0.4) is 0 Å². The highest BCUT2D eigenvalue weighted by Crippen LogP contribution is 2.34. The number of aromatic amines is 1. The van der Waals surface area contributed by atoms with E-state index >= 15 is 0 Å². The summed E-state index contributed by atoms with van der Waals surface area (Å²) in [5.41, 5.74) is 5.50. The summed E-state index contributed by atoms with van der Waals surface area (Å²) in [7, 11) is 0. The Morgan fingerprint density at radius 3 is 2.76 bits per heavy atom. The molecule has 1 N–H and O–H groups in total. The first-order valence-corrected chi connectivity index (χ1v) is 10.1. The Morgan fingerprint density at radius 2 is 1.90 bits per heavy atom. The molecule has 0 saturated heterocycles. The number of hydrogen-bond acceptors (Lipinski definition) is 7. The highest BCUT2D eigenvalue weighted by atomic mass is 32.2. The number of hydrogen-bond donors (Lipinski definition) is 1. The summed E-state index contributed by atoms with van der Waals surface area (Å²) in [6.45, 7) is 3.90. The van der Waals surface area contributed by atoms with Crippen molar-refractivity contribution in [3.05, 3.63) is 65.7 Å². The van der Waals surface area contributed by atoms with Crippen molar-refractivity contribution in [3.63, 3.8) is 0 Å². The third-order valence-corrected chi connectivity index (χ3v) is 5.40. The van der Waals surface area contributed by atoms with Crippen LogP contribution in [-0.4, -0.2) is 25.3 Å². The van der Waals surface area contributed by atoms with Gasteiger partial charge in [-0.2, -0.15) is 0 Å². The number of nitrogens with zero attached hydrogens (tertiary/aromatic N) is 4. The highest BCUT2D eigenvalue weighted by Gasteiger charge is 2.22. The molecule has 0 aliphatic heterocycles. The molecule has 29 heavy (non-hydrogen) atoms. The molecule has 8 heteroatoms. The zero-order valence-electron chi connectivity index (χ0n) is 15.8. The van der Waals surface area contributed by atoms with Crippen LogP contribution in [0.4, 0.5) is 0 Å². The van der Waals surface area contributed by atoms with Gasteiger partial charge in [-0.05, 0) is 31.5 Å². The molecule has 0 aliphatic carbocycles. The second-order valence-corrected chi connectivity index (χ2v) is 7.64. The maximum absolute atomic E-state index is 5.90. The van der Waals surface area contributed by atoms with Crippen molar-refractivity contribution >= 4 is 22.8 Å². The number of thioether (sulfide) groups is 1. The number of H-pyrrole nitrogens is 1. The van der Waals surface area contributed by atoms with Crippen molar-refractivity contribution in [2.24, 2.45) is 0 Å². The molecule has 144 valence electrons. The fourth-order valence-electron chi connectivity index (χ4n) is 3.13. The Balaban J connectivity index is 1.38. The van der Waals surface area contributed by atoms with Crippen LogP contribution in [0.15, 0.2) is 62.6 Å². The zero-order valence-corrected chi connectivity index (χ0v) is 16.7. The number of fused-ring (bicyclic) bond motifs is 1. The molecule has 5 rings (SSSR count). The Labute approximate surface area is 170 Å². The van der Waals surface area contributed by atoms with Crippen LogP contribution in [0.5, 0.6) is 0 Å². The standard InChI is InChI=1S/C21H17N5O2S/c1-12-8-9-15-16(10-12)23-21(22-15)29-11-17-24-25-20(27-17)18-13(2)28-26-19(18)14-6-4-3-5-7-14/h3-10H,11H2,1-2H3,(H,22,23). The number of nitrogens with one attached hydrogen (secondary N) is 1. The SMILES string of the molecule is Cc1ccc2nc(SCc3nnc(-c4c(-c5ccccc5)noc4C)o3)[nH]c2c1. The average molecular weight is 403 g/mol. The van der Waals surface area contributed by atoms with Gasteiger partial charge in [0, 0.05) is 5.56 Å². The minimum atomic E-state index is 0.401. The third-order valence-electron chi connectivity index (χ3n) is 4.54. The summed E-state index contributed by atoms with van der Waals surface area (Å²) in [6.07, 6.45) is 0. The van der Waals surface area contributed by atoms with Crippen LogP contribution in [-0.2, 0) is 5.75 Å². The normalized spacial score (nSPS) is 11.4. The van der Waals surface area contributed by atoms with Crippen LogP contribution in [0.25, 0.3) is 33.7 Å². The van der Waals surface area contributed by atoms with Gasteiger partial charge in [-0.15, -0.1) is 10.2 Å². The van der Waals surface area contributed by atoms with Gasteiger partial charge in [0.05, 0.1) is 16.8 Å². The molecule has 5 aromatic rings. The van der Waals surface area contributed by atoms with Crippen LogP contribution in [0.1, 0.15) is 17.2 Å². The number of rotatable bonds is 5. The Hall–Kier alpha value is -3.39. The summed E-state index contributed by atoms with van der Waals surface area (Å²) in [6, 6.07) is 15.9. The predicted molar refractivity (Wildman–Crippen MR) is 110 cm³/mol. The van der Waals surface area contributed by atoms with Gasteiger partial charge in [0.15, 0.2) is 5.16 Å². The second-order valence-electron chi connectivity index (χ2n) is 6.68. The number of imidazole rings is 1. The first kappa shape index (κ1) is 17.7. The molecule has 0 unspecified atom stereocenters. The van der Waals surface area contributed by atoms with E-state index in [-0.39, 0.29) is 0 Å². The highest BCUT2D eigenvalue weighted by molar-refractivity contribution is 7.98. The summed E-state index contributed by atoms with van der Waals surface area (Å²) in [4.78, 5) is 7.90. The molecule has 2 aromatic carbocycles. The first-order chi connectivity index (χ1) is 14.2. The molecule has 0 atom stereocenters. The van der Waals surface area contributed by atoms with Crippen molar-refractivity contribution in [1.29, 1.82) is 0 Å². The van der Waals surface area contributed by atoms with Gasteiger partial charge in [-0.3, -0.25) is 0 Å². The van der Waals surface area contributed by atoms with Crippen LogP contribution >= 0.6 is 11.8 Å². The summed E-state index contributed by atoms with van der Waals surface area (Å²) in [5.74, 6) is 2.07. The molecule has 0 fully saturated rings. The largest absolute Gasteiger partial charge is 0.420 e. The lowest BCUT2D eigenvalue weighted by molar-refractivity contribution is 0.399. The minimum absolute atomic E-state index is 0.401. The fourth-order valence-corrected chi connectivity index (χ4v) is 3.85. The molecule has 0 bridgehead atoms. The lowest BCUT2D eigenvalue weighted by Crippen LogP contribution is -1.84. The van der Waals surface area contributed by atoms with Crippen molar-refractivity contribution in [2.45, 2.75) is 24.8 Å². The Morgan fingerprint density at radius 1 is 1.03 bits per heavy atom. The smallest absolute Gasteiger partial charge is 0.253 e.